The molecule has 0 aliphatic rings. The summed E-state index contributed by atoms with van der Waals surface area (Å²) in [6.45, 7) is 1.85. The van der Waals surface area contributed by atoms with Crippen molar-refractivity contribution in [1.29, 1.82) is 0 Å². The zero-order valence-corrected chi connectivity index (χ0v) is 12.6. The van der Waals surface area contributed by atoms with Gasteiger partial charge in [0.15, 0.2) is 17.5 Å². The third kappa shape index (κ3) is 4.26. The topological polar surface area (TPSA) is 58.2 Å². The molecule has 0 unspecified atom stereocenters. The lowest BCUT2D eigenvalue weighted by Crippen LogP contribution is -2.36. The van der Waals surface area contributed by atoms with E-state index in [0.717, 1.165) is 17.7 Å². The standard InChI is InChI=1S/C15H11F3N2O2S/c1-8-2-4-9(5-3-8)14(21)19-15(22)20-23-11-7-6-10(16)12(17)13(11)18/h2-7H,1H3,(H2,19,20,21,22). The van der Waals surface area contributed by atoms with Crippen LogP contribution in [0.15, 0.2) is 41.3 Å². The highest BCUT2D eigenvalue weighted by molar-refractivity contribution is 7.98. The Morgan fingerprint density at radius 2 is 1.61 bits per heavy atom. The van der Waals surface area contributed by atoms with E-state index in [4.69, 9.17) is 0 Å². The number of urea groups is 1. The fraction of sp³-hybridized carbons (Fsp3) is 0.0667. The number of carbonyl (C=O) groups is 2. The summed E-state index contributed by atoms with van der Waals surface area (Å²) in [6.07, 6.45) is 0. The second-order valence-electron chi connectivity index (χ2n) is 4.53. The van der Waals surface area contributed by atoms with Crippen molar-refractivity contribution in [2.45, 2.75) is 11.8 Å². The molecule has 0 fully saturated rings. The number of hydrogen-bond donors (Lipinski definition) is 2. The van der Waals surface area contributed by atoms with E-state index in [2.05, 4.69) is 4.72 Å². The minimum absolute atomic E-state index is 0.273. The summed E-state index contributed by atoms with van der Waals surface area (Å²) < 4.78 is 41.3. The van der Waals surface area contributed by atoms with Gasteiger partial charge in [-0.25, -0.2) is 18.0 Å². The first kappa shape index (κ1) is 16.9. The predicted octanol–water partition coefficient (Wildman–Crippen LogP) is 3.56. The summed E-state index contributed by atoms with van der Waals surface area (Å²) in [5, 5.41) is 2.03. The molecule has 0 heterocycles. The third-order valence-corrected chi connectivity index (χ3v) is 3.62. The predicted molar refractivity (Wildman–Crippen MR) is 79.3 cm³/mol. The SMILES string of the molecule is Cc1ccc(C(=O)NC(=O)NSc2ccc(F)c(F)c2F)cc1. The molecule has 0 saturated heterocycles. The van der Waals surface area contributed by atoms with Crippen LogP contribution >= 0.6 is 11.9 Å². The van der Waals surface area contributed by atoms with Gasteiger partial charge in [-0.15, -0.1) is 0 Å². The van der Waals surface area contributed by atoms with Gasteiger partial charge in [0.05, 0.1) is 4.90 Å². The number of imide groups is 1. The van der Waals surface area contributed by atoms with Crippen LogP contribution in [0, 0.1) is 24.4 Å². The summed E-state index contributed by atoms with van der Waals surface area (Å²) in [4.78, 5) is 23.0. The first-order valence-corrected chi connectivity index (χ1v) is 7.18. The summed E-state index contributed by atoms with van der Waals surface area (Å²) in [6, 6.07) is 7.29. The Hall–Kier alpha value is -2.48. The monoisotopic (exact) mass is 340 g/mol. The minimum atomic E-state index is -1.63. The average molecular weight is 340 g/mol. The van der Waals surface area contributed by atoms with Crippen molar-refractivity contribution in [2.75, 3.05) is 0 Å². The molecule has 2 aromatic rings. The summed E-state index contributed by atoms with van der Waals surface area (Å²) >= 11 is 0.422. The van der Waals surface area contributed by atoms with Crippen LogP contribution in [0.5, 0.6) is 0 Å². The quantitative estimate of drug-likeness (QED) is 0.663. The highest BCUT2D eigenvalue weighted by Gasteiger charge is 2.15. The number of carbonyl (C=O) groups excluding carboxylic acids is 2. The van der Waals surface area contributed by atoms with Crippen molar-refractivity contribution in [1.82, 2.24) is 10.0 Å². The van der Waals surface area contributed by atoms with E-state index in [1.54, 1.807) is 24.3 Å². The Kier molecular flexibility index (Phi) is 5.28. The van der Waals surface area contributed by atoms with Crippen molar-refractivity contribution in [2.24, 2.45) is 0 Å². The smallest absolute Gasteiger partial charge is 0.277 e. The summed E-state index contributed by atoms with van der Waals surface area (Å²) in [5.41, 5.74) is 1.23. The van der Waals surface area contributed by atoms with Crippen molar-refractivity contribution >= 4 is 23.9 Å². The molecule has 0 spiro atoms. The summed E-state index contributed by atoms with van der Waals surface area (Å²) in [7, 11) is 0. The van der Waals surface area contributed by atoms with E-state index in [1.165, 1.54) is 0 Å². The van der Waals surface area contributed by atoms with Crippen LogP contribution in [0.1, 0.15) is 15.9 Å². The second kappa shape index (κ2) is 7.19. The van der Waals surface area contributed by atoms with Crippen molar-refractivity contribution in [3.63, 3.8) is 0 Å². The maximum absolute atomic E-state index is 13.4. The molecule has 23 heavy (non-hydrogen) atoms. The van der Waals surface area contributed by atoms with Crippen LogP contribution in [-0.4, -0.2) is 11.9 Å². The lowest BCUT2D eigenvalue weighted by atomic mass is 10.1. The van der Waals surface area contributed by atoms with Gasteiger partial charge in [-0.1, -0.05) is 17.7 Å². The molecule has 0 bridgehead atoms. The molecular formula is C15H11F3N2O2S. The number of halogens is 3. The highest BCUT2D eigenvalue weighted by Crippen LogP contribution is 2.22. The first-order valence-electron chi connectivity index (χ1n) is 6.37. The van der Waals surface area contributed by atoms with Gasteiger partial charge in [-0.05, 0) is 43.1 Å². The van der Waals surface area contributed by atoms with E-state index < -0.39 is 29.4 Å². The Balaban J connectivity index is 1.94. The van der Waals surface area contributed by atoms with Crippen LogP contribution in [-0.2, 0) is 0 Å². The fourth-order valence-electron chi connectivity index (χ4n) is 1.59. The zero-order valence-electron chi connectivity index (χ0n) is 11.8. The van der Waals surface area contributed by atoms with Crippen LogP contribution in [0.3, 0.4) is 0 Å². The van der Waals surface area contributed by atoms with Crippen LogP contribution in [0.25, 0.3) is 0 Å². The molecule has 0 aliphatic heterocycles. The van der Waals surface area contributed by atoms with Gasteiger partial charge in [0, 0.05) is 5.56 Å². The fourth-order valence-corrected chi connectivity index (χ4v) is 2.16. The number of nitrogens with one attached hydrogen (secondary N) is 2. The normalized spacial score (nSPS) is 10.3. The molecule has 3 amide bonds. The van der Waals surface area contributed by atoms with E-state index >= 15 is 0 Å². The molecule has 0 aliphatic carbocycles. The molecule has 8 heteroatoms. The third-order valence-electron chi connectivity index (χ3n) is 2.79. The van der Waals surface area contributed by atoms with Gasteiger partial charge >= 0.3 is 6.03 Å². The number of amides is 3. The van der Waals surface area contributed by atoms with Crippen LogP contribution < -0.4 is 10.0 Å². The van der Waals surface area contributed by atoms with E-state index in [0.29, 0.717) is 11.9 Å². The molecule has 0 saturated carbocycles. The first-order chi connectivity index (χ1) is 10.9. The number of aryl methyl sites for hydroxylation is 1. The number of rotatable bonds is 3. The van der Waals surface area contributed by atoms with Gasteiger partial charge in [-0.3, -0.25) is 14.8 Å². The molecule has 120 valence electrons. The molecule has 0 atom stereocenters. The Labute approximate surface area is 134 Å². The molecule has 0 radical (unpaired) electrons. The Morgan fingerprint density at radius 3 is 2.26 bits per heavy atom. The minimum Gasteiger partial charge on any atom is -0.277 e. The van der Waals surface area contributed by atoms with Gasteiger partial charge in [-0.2, -0.15) is 0 Å². The molecule has 2 N–H and O–H groups in total. The van der Waals surface area contributed by atoms with E-state index in [1.807, 2.05) is 12.2 Å². The lowest BCUT2D eigenvalue weighted by molar-refractivity contribution is 0.0965. The maximum atomic E-state index is 13.4. The largest absolute Gasteiger partial charge is 0.331 e. The van der Waals surface area contributed by atoms with Gasteiger partial charge in [0.25, 0.3) is 5.91 Å². The maximum Gasteiger partial charge on any atom is 0.331 e. The highest BCUT2D eigenvalue weighted by atomic mass is 32.2. The average Bonchev–Trinajstić information content (AvgIpc) is 2.52. The van der Waals surface area contributed by atoms with Crippen LogP contribution in [0.2, 0.25) is 0 Å². The van der Waals surface area contributed by atoms with Crippen molar-refractivity contribution in [3.8, 4) is 0 Å². The molecular weight excluding hydrogens is 329 g/mol. The Bertz CT molecular complexity index is 751. The molecule has 4 nitrogen and oxygen atoms in total. The van der Waals surface area contributed by atoms with Gasteiger partial charge in [0.2, 0.25) is 0 Å². The summed E-state index contributed by atoms with van der Waals surface area (Å²) in [5.74, 6) is -5.02. The van der Waals surface area contributed by atoms with E-state index in [-0.39, 0.29) is 10.5 Å². The van der Waals surface area contributed by atoms with Gasteiger partial charge in [0.1, 0.15) is 0 Å². The lowest BCUT2D eigenvalue weighted by Gasteiger charge is -2.07. The van der Waals surface area contributed by atoms with Crippen molar-refractivity contribution < 1.29 is 22.8 Å². The molecule has 0 aromatic heterocycles. The number of benzene rings is 2. The Morgan fingerprint density at radius 1 is 0.957 bits per heavy atom. The zero-order chi connectivity index (χ0) is 17.0. The molecule has 2 aromatic carbocycles. The van der Waals surface area contributed by atoms with E-state index in [9.17, 15) is 22.8 Å². The number of hydrogen-bond acceptors (Lipinski definition) is 3. The second-order valence-corrected chi connectivity index (χ2v) is 5.37. The van der Waals surface area contributed by atoms with Crippen LogP contribution in [0.4, 0.5) is 18.0 Å². The van der Waals surface area contributed by atoms with Crippen molar-refractivity contribution in [3.05, 3.63) is 65.0 Å². The van der Waals surface area contributed by atoms with Gasteiger partial charge < -0.3 is 0 Å². The molecule has 2 rings (SSSR count).